The molecule has 4 heteroatoms. The minimum absolute atomic E-state index is 0.142. The van der Waals surface area contributed by atoms with Gasteiger partial charge in [0.25, 0.3) is 0 Å². The number of hydrogen-bond acceptors (Lipinski definition) is 2. The molecular weight excluding hydrogens is 306 g/mol. The Kier molecular flexibility index (Phi) is 6.82. The van der Waals surface area contributed by atoms with Gasteiger partial charge in [-0.05, 0) is 55.9 Å². The molecule has 0 aromatic heterocycles. The average molecular weight is 336 g/mol. The predicted octanol–water partition coefficient (Wildman–Crippen LogP) is 4.28. The van der Waals surface area contributed by atoms with Crippen molar-refractivity contribution in [3.63, 3.8) is 0 Å². The molecule has 0 spiro atoms. The third-order valence-corrected chi connectivity index (χ3v) is 5.35. The van der Waals surface area contributed by atoms with Gasteiger partial charge >= 0.3 is 0 Å². The van der Waals surface area contributed by atoms with Crippen molar-refractivity contribution >= 4 is 10.0 Å². The van der Waals surface area contributed by atoms with Crippen molar-refractivity contribution in [3.05, 3.63) is 46.7 Å². The number of hydrogen-bond donors (Lipinski definition) is 1. The van der Waals surface area contributed by atoms with Crippen molar-refractivity contribution in [2.45, 2.75) is 59.4 Å². The van der Waals surface area contributed by atoms with Gasteiger partial charge in [0.05, 0.1) is 4.90 Å². The molecule has 1 N–H and O–H groups in total. The molecule has 0 heterocycles. The lowest BCUT2D eigenvalue weighted by Crippen LogP contribution is -2.37. The van der Waals surface area contributed by atoms with Crippen molar-refractivity contribution in [1.29, 1.82) is 0 Å². The summed E-state index contributed by atoms with van der Waals surface area (Å²) >= 11 is 0. The molecule has 0 amide bonds. The van der Waals surface area contributed by atoms with Crippen LogP contribution in [0.5, 0.6) is 0 Å². The van der Waals surface area contributed by atoms with Crippen LogP contribution in [0.3, 0.4) is 0 Å². The maximum absolute atomic E-state index is 12.8. The Hall–Kier alpha value is -1.35. The fraction of sp³-hybridized carbons (Fsp3) is 0.526. The van der Waals surface area contributed by atoms with Crippen molar-refractivity contribution in [2.75, 3.05) is 0 Å². The number of sulfonamides is 1. The molecule has 0 bridgehead atoms. The van der Waals surface area contributed by atoms with Gasteiger partial charge in [-0.2, -0.15) is 0 Å². The highest BCUT2D eigenvalue weighted by atomic mass is 32.2. The molecule has 0 fully saturated rings. The normalized spacial score (nSPS) is 13.1. The Morgan fingerprint density at radius 1 is 1.00 bits per heavy atom. The monoisotopic (exact) mass is 335 g/mol. The summed E-state index contributed by atoms with van der Waals surface area (Å²) in [7, 11) is -3.57. The number of rotatable bonds is 6. The summed E-state index contributed by atoms with van der Waals surface area (Å²) in [5.41, 5.74) is 5.72. The average Bonchev–Trinajstić information content (AvgIpc) is 2.34. The first kappa shape index (κ1) is 19.7. The van der Waals surface area contributed by atoms with Crippen LogP contribution in [0.25, 0.3) is 0 Å². The fourth-order valence-electron chi connectivity index (χ4n) is 2.54. The molecule has 23 heavy (non-hydrogen) atoms. The van der Waals surface area contributed by atoms with Crippen LogP contribution in [0.2, 0.25) is 0 Å². The highest BCUT2D eigenvalue weighted by molar-refractivity contribution is 7.89. The second-order valence-electron chi connectivity index (χ2n) is 6.86. The lowest BCUT2D eigenvalue weighted by atomic mass is 10.1. The summed E-state index contributed by atoms with van der Waals surface area (Å²) in [5, 5.41) is 0. The Bertz CT molecular complexity index is 686. The fourth-order valence-corrected chi connectivity index (χ4v) is 4.32. The van der Waals surface area contributed by atoms with Crippen LogP contribution >= 0.6 is 0 Å². The quantitative estimate of drug-likeness (QED) is 0.789. The van der Waals surface area contributed by atoms with Crippen LogP contribution in [0, 0.1) is 32.6 Å². The van der Waals surface area contributed by atoms with Crippen LogP contribution in [0.15, 0.2) is 34.9 Å². The van der Waals surface area contributed by atoms with Crippen LogP contribution in [0.1, 0.15) is 44.4 Å². The minimum Gasteiger partial charge on any atom is -0.207 e. The third-order valence-electron chi connectivity index (χ3n) is 3.59. The summed E-state index contributed by atoms with van der Waals surface area (Å²) in [6, 6.07) is 3.52. The van der Waals surface area contributed by atoms with Crippen LogP contribution in [-0.2, 0) is 10.0 Å². The van der Waals surface area contributed by atoms with Crippen molar-refractivity contribution < 1.29 is 8.42 Å². The third kappa shape index (κ3) is 5.65. The molecule has 0 aliphatic heterocycles. The molecule has 1 atom stereocenters. The van der Waals surface area contributed by atoms with Crippen molar-refractivity contribution in [2.24, 2.45) is 11.8 Å². The largest absolute Gasteiger partial charge is 0.241 e. The summed E-state index contributed by atoms with van der Waals surface area (Å²) in [6.45, 7) is 13.8. The topological polar surface area (TPSA) is 46.2 Å². The molecule has 128 valence electrons. The van der Waals surface area contributed by atoms with Gasteiger partial charge in [-0.15, -0.1) is 5.73 Å². The van der Waals surface area contributed by atoms with Gasteiger partial charge in [-0.25, -0.2) is 13.1 Å². The number of nitrogens with one attached hydrogen (secondary N) is 1. The highest BCUT2D eigenvalue weighted by Crippen LogP contribution is 2.22. The van der Waals surface area contributed by atoms with Gasteiger partial charge in [0.1, 0.15) is 0 Å². The molecule has 0 radical (unpaired) electrons. The molecule has 0 aliphatic rings. The van der Waals surface area contributed by atoms with Crippen LogP contribution in [-0.4, -0.2) is 14.5 Å². The smallest absolute Gasteiger partial charge is 0.207 e. The SMILES string of the molecule is Cc1cc(C)c(S(=O)(=O)N[C@H](C=C=CC(C)C)C(C)C)c(C)c1. The summed E-state index contributed by atoms with van der Waals surface area (Å²) < 4.78 is 28.5. The zero-order valence-electron chi connectivity index (χ0n) is 15.3. The van der Waals surface area contributed by atoms with Crippen LogP contribution in [0.4, 0.5) is 0 Å². The van der Waals surface area contributed by atoms with E-state index in [1.54, 1.807) is 6.08 Å². The molecule has 0 saturated carbocycles. The van der Waals surface area contributed by atoms with Crippen molar-refractivity contribution in [1.82, 2.24) is 4.72 Å². The van der Waals surface area contributed by atoms with Crippen molar-refractivity contribution in [3.8, 4) is 0 Å². The van der Waals surface area contributed by atoms with E-state index in [2.05, 4.69) is 24.3 Å². The van der Waals surface area contributed by atoms with Gasteiger partial charge in [-0.3, -0.25) is 0 Å². The second kappa shape index (κ2) is 7.96. The van der Waals surface area contributed by atoms with E-state index in [4.69, 9.17) is 0 Å². The van der Waals surface area contributed by atoms with Gasteiger partial charge < -0.3 is 0 Å². The van der Waals surface area contributed by atoms with Gasteiger partial charge in [0, 0.05) is 6.04 Å². The first-order valence-electron chi connectivity index (χ1n) is 8.07. The summed E-state index contributed by atoms with van der Waals surface area (Å²) in [6.07, 6.45) is 3.74. The Balaban J connectivity index is 3.20. The molecule has 1 rings (SSSR count). The first-order chi connectivity index (χ1) is 10.5. The lowest BCUT2D eigenvalue weighted by molar-refractivity contribution is 0.508. The highest BCUT2D eigenvalue weighted by Gasteiger charge is 2.24. The molecule has 3 nitrogen and oxygen atoms in total. The predicted molar refractivity (Wildman–Crippen MR) is 97.1 cm³/mol. The van der Waals surface area contributed by atoms with E-state index in [-0.39, 0.29) is 12.0 Å². The van der Waals surface area contributed by atoms with Gasteiger partial charge in [0.2, 0.25) is 10.0 Å². The summed E-state index contributed by atoms with van der Waals surface area (Å²) in [4.78, 5) is 0.384. The Labute approximate surface area is 141 Å². The van der Waals surface area contributed by atoms with E-state index in [0.717, 1.165) is 16.7 Å². The Morgan fingerprint density at radius 3 is 1.96 bits per heavy atom. The zero-order valence-corrected chi connectivity index (χ0v) is 16.1. The molecule has 0 aliphatic carbocycles. The number of aryl methyl sites for hydroxylation is 3. The zero-order chi connectivity index (χ0) is 17.8. The van der Waals surface area contributed by atoms with E-state index >= 15 is 0 Å². The standard InChI is InChI=1S/C19H29NO2S/c1-13(2)9-8-10-18(14(3)4)20-23(21,22)19-16(6)11-15(5)12-17(19)7/h9-14,18,20H,1-7H3/t8?,18-/m1/s1. The second-order valence-corrected chi connectivity index (χ2v) is 8.51. The molecule has 1 aromatic rings. The lowest BCUT2D eigenvalue weighted by Gasteiger charge is -2.20. The van der Waals surface area contributed by atoms with E-state index < -0.39 is 10.0 Å². The van der Waals surface area contributed by atoms with Gasteiger partial charge in [0.15, 0.2) is 0 Å². The molecule has 0 saturated heterocycles. The van der Waals surface area contributed by atoms with E-state index in [1.807, 2.05) is 52.8 Å². The minimum atomic E-state index is -3.57. The van der Waals surface area contributed by atoms with E-state index in [0.29, 0.717) is 10.8 Å². The van der Waals surface area contributed by atoms with E-state index in [1.165, 1.54) is 0 Å². The maximum atomic E-state index is 12.8. The maximum Gasteiger partial charge on any atom is 0.241 e. The molecular formula is C19H29NO2S. The van der Waals surface area contributed by atoms with Crippen LogP contribution < -0.4 is 4.72 Å². The van der Waals surface area contributed by atoms with Gasteiger partial charge in [-0.1, -0.05) is 45.4 Å². The number of benzene rings is 1. The summed E-state index contributed by atoms with van der Waals surface area (Å²) in [5.74, 6) is 0.529. The Morgan fingerprint density at radius 2 is 1.52 bits per heavy atom. The van der Waals surface area contributed by atoms with E-state index in [9.17, 15) is 8.42 Å². The molecule has 1 aromatic carbocycles. The molecule has 0 unspecified atom stereocenters. The first-order valence-corrected chi connectivity index (χ1v) is 9.55.